The van der Waals surface area contributed by atoms with E-state index in [0.717, 1.165) is 29.8 Å². The average molecular weight is 296 g/mol. The average Bonchev–Trinajstić information content (AvgIpc) is 2.55. The number of benzene rings is 2. The van der Waals surface area contributed by atoms with Crippen LogP contribution in [0.15, 0.2) is 48.5 Å². The second kappa shape index (κ2) is 6.73. The highest BCUT2D eigenvalue weighted by atomic mass is 16.5. The standard InChI is InChI=1S/C18H20N2O2/c1-19-12-13-5-4-7-15(11-13)20-18(21)17-16-8-3-2-6-14(16)9-10-22-17/h2-8,11,17,19H,9-10,12H2,1H3,(H,20,21). The molecule has 0 fully saturated rings. The van der Waals surface area contributed by atoms with Gasteiger partial charge in [-0.2, -0.15) is 0 Å². The van der Waals surface area contributed by atoms with Crippen molar-refractivity contribution in [2.24, 2.45) is 0 Å². The highest BCUT2D eigenvalue weighted by Crippen LogP contribution is 2.28. The Bertz CT molecular complexity index is 670. The van der Waals surface area contributed by atoms with Gasteiger partial charge in [0.05, 0.1) is 6.61 Å². The predicted octanol–water partition coefficient (Wildman–Crippen LogP) is 2.66. The Labute approximate surface area is 130 Å². The van der Waals surface area contributed by atoms with E-state index in [-0.39, 0.29) is 5.91 Å². The number of carbonyl (C=O) groups excluding carboxylic acids is 1. The van der Waals surface area contributed by atoms with Gasteiger partial charge in [0.25, 0.3) is 5.91 Å². The maximum Gasteiger partial charge on any atom is 0.258 e. The van der Waals surface area contributed by atoms with Gasteiger partial charge in [-0.25, -0.2) is 0 Å². The van der Waals surface area contributed by atoms with Crippen LogP contribution in [0.25, 0.3) is 0 Å². The quantitative estimate of drug-likeness (QED) is 0.912. The number of hydrogen-bond acceptors (Lipinski definition) is 3. The van der Waals surface area contributed by atoms with E-state index in [1.54, 1.807) is 0 Å². The second-order valence-electron chi connectivity index (χ2n) is 5.42. The molecular formula is C18H20N2O2. The third kappa shape index (κ3) is 3.18. The first-order valence-corrected chi connectivity index (χ1v) is 7.52. The molecule has 2 aromatic carbocycles. The van der Waals surface area contributed by atoms with Crippen LogP contribution < -0.4 is 10.6 Å². The van der Waals surface area contributed by atoms with Crippen LogP contribution >= 0.6 is 0 Å². The van der Waals surface area contributed by atoms with Crippen molar-refractivity contribution in [3.8, 4) is 0 Å². The lowest BCUT2D eigenvalue weighted by Crippen LogP contribution is -2.28. The summed E-state index contributed by atoms with van der Waals surface area (Å²) in [7, 11) is 1.90. The number of nitrogens with one attached hydrogen (secondary N) is 2. The van der Waals surface area contributed by atoms with Gasteiger partial charge in [-0.1, -0.05) is 36.4 Å². The van der Waals surface area contributed by atoms with Gasteiger partial charge in [0.1, 0.15) is 0 Å². The number of carbonyl (C=O) groups is 1. The molecule has 1 aliphatic heterocycles. The summed E-state index contributed by atoms with van der Waals surface area (Å²) in [4.78, 5) is 12.5. The first-order chi connectivity index (χ1) is 10.8. The Hall–Kier alpha value is -2.17. The van der Waals surface area contributed by atoms with E-state index in [0.29, 0.717) is 6.61 Å². The molecule has 1 aliphatic rings. The summed E-state index contributed by atoms with van der Waals surface area (Å²) in [5, 5.41) is 6.06. The maximum atomic E-state index is 12.5. The zero-order valence-electron chi connectivity index (χ0n) is 12.6. The molecule has 0 radical (unpaired) electrons. The molecular weight excluding hydrogens is 276 g/mol. The van der Waals surface area contributed by atoms with Gasteiger partial charge in [-0.05, 0) is 42.3 Å². The fourth-order valence-corrected chi connectivity index (χ4v) is 2.78. The third-order valence-electron chi connectivity index (χ3n) is 3.81. The minimum Gasteiger partial charge on any atom is -0.363 e. The molecule has 1 heterocycles. The molecule has 0 aliphatic carbocycles. The molecule has 0 saturated heterocycles. The lowest BCUT2D eigenvalue weighted by atomic mass is 9.97. The van der Waals surface area contributed by atoms with E-state index >= 15 is 0 Å². The molecule has 0 aromatic heterocycles. The molecule has 1 atom stereocenters. The molecule has 0 saturated carbocycles. The molecule has 4 nitrogen and oxygen atoms in total. The van der Waals surface area contributed by atoms with Crippen LogP contribution in [0.5, 0.6) is 0 Å². The summed E-state index contributed by atoms with van der Waals surface area (Å²) >= 11 is 0. The Morgan fingerprint density at radius 2 is 2.09 bits per heavy atom. The smallest absolute Gasteiger partial charge is 0.258 e. The molecule has 2 aromatic rings. The van der Waals surface area contributed by atoms with Crippen LogP contribution in [-0.4, -0.2) is 19.6 Å². The number of amides is 1. The summed E-state index contributed by atoms with van der Waals surface area (Å²) < 4.78 is 5.69. The highest BCUT2D eigenvalue weighted by molar-refractivity contribution is 5.95. The summed E-state index contributed by atoms with van der Waals surface area (Å²) in [5.41, 5.74) is 4.09. The SMILES string of the molecule is CNCc1cccc(NC(=O)C2OCCc3ccccc32)c1. The monoisotopic (exact) mass is 296 g/mol. The fraction of sp³-hybridized carbons (Fsp3) is 0.278. The van der Waals surface area contributed by atoms with Crippen LogP contribution in [0.2, 0.25) is 0 Å². The third-order valence-corrected chi connectivity index (χ3v) is 3.81. The van der Waals surface area contributed by atoms with Crippen molar-refractivity contribution in [3.05, 3.63) is 65.2 Å². The summed E-state index contributed by atoms with van der Waals surface area (Å²) in [6, 6.07) is 15.8. The van der Waals surface area contributed by atoms with Crippen molar-refractivity contribution in [3.63, 3.8) is 0 Å². The number of anilines is 1. The lowest BCUT2D eigenvalue weighted by Gasteiger charge is -2.25. The van der Waals surface area contributed by atoms with Crippen molar-refractivity contribution in [2.45, 2.75) is 19.1 Å². The van der Waals surface area contributed by atoms with Crippen LogP contribution in [0.1, 0.15) is 22.8 Å². The normalized spacial score (nSPS) is 16.9. The molecule has 4 heteroatoms. The van der Waals surface area contributed by atoms with E-state index < -0.39 is 6.10 Å². The van der Waals surface area contributed by atoms with E-state index in [9.17, 15) is 4.79 Å². The van der Waals surface area contributed by atoms with Gasteiger partial charge in [0, 0.05) is 12.2 Å². The molecule has 2 N–H and O–H groups in total. The van der Waals surface area contributed by atoms with Crippen LogP contribution in [-0.2, 0) is 22.5 Å². The summed E-state index contributed by atoms with van der Waals surface area (Å²) in [6.07, 6.45) is 0.329. The lowest BCUT2D eigenvalue weighted by molar-refractivity contribution is -0.128. The predicted molar refractivity (Wildman–Crippen MR) is 86.7 cm³/mol. The zero-order valence-corrected chi connectivity index (χ0v) is 12.6. The number of hydrogen-bond donors (Lipinski definition) is 2. The van der Waals surface area contributed by atoms with Crippen LogP contribution in [0.4, 0.5) is 5.69 Å². The van der Waals surface area contributed by atoms with Crippen molar-refractivity contribution in [1.29, 1.82) is 0 Å². The Kier molecular flexibility index (Phi) is 4.51. The Morgan fingerprint density at radius 3 is 2.95 bits per heavy atom. The summed E-state index contributed by atoms with van der Waals surface area (Å²) in [6.45, 7) is 1.35. The fourth-order valence-electron chi connectivity index (χ4n) is 2.78. The van der Waals surface area contributed by atoms with Crippen molar-refractivity contribution in [2.75, 3.05) is 19.0 Å². The van der Waals surface area contributed by atoms with Crippen LogP contribution in [0, 0.1) is 0 Å². The minimum absolute atomic E-state index is 0.117. The first kappa shape index (κ1) is 14.8. The van der Waals surface area contributed by atoms with E-state index in [4.69, 9.17) is 4.74 Å². The van der Waals surface area contributed by atoms with Gasteiger partial charge in [0.15, 0.2) is 6.10 Å². The van der Waals surface area contributed by atoms with Gasteiger partial charge >= 0.3 is 0 Å². The van der Waals surface area contributed by atoms with Gasteiger partial charge in [0.2, 0.25) is 0 Å². The zero-order chi connectivity index (χ0) is 15.4. The Balaban J connectivity index is 1.77. The largest absolute Gasteiger partial charge is 0.363 e. The summed E-state index contributed by atoms with van der Waals surface area (Å²) in [5.74, 6) is -0.117. The van der Waals surface area contributed by atoms with Crippen molar-refractivity contribution >= 4 is 11.6 Å². The minimum atomic E-state index is -0.530. The van der Waals surface area contributed by atoms with Gasteiger partial charge in [-0.3, -0.25) is 4.79 Å². The first-order valence-electron chi connectivity index (χ1n) is 7.52. The molecule has 3 rings (SSSR count). The number of rotatable bonds is 4. The Morgan fingerprint density at radius 1 is 1.23 bits per heavy atom. The van der Waals surface area contributed by atoms with E-state index in [1.807, 2.05) is 49.5 Å². The number of fused-ring (bicyclic) bond motifs is 1. The van der Waals surface area contributed by atoms with Crippen molar-refractivity contribution < 1.29 is 9.53 Å². The molecule has 0 bridgehead atoms. The molecule has 1 amide bonds. The van der Waals surface area contributed by atoms with E-state index in [2.05, 4.69) is 16.7 Å². The highest BCUT2D eigenvalue weighted by Gasteiger charge is 2.27. The van der Waals surface area contributed by atoms with E-state index in [1.165, 1.54) is 5.56 Å². The van der Waals surface area contributed by atoms with Crippen LogP contribution in [0.3, 0.4) is 0 Å². The molecule has 1 unspecified atom stereocenters. The maximum absolute atomic E-state index is 12.5. The van der Waals surface area contributed by atoms with Crippen molar-refractivity contribution in [1.82, 2.24) is 5.32 Å². The van der Waals surface area contributed by atoms with Gasteiger partial charge in [-0.15, -0.1) is 0 Å². The topological polar surface area (TPSA) is 50.4 Å². The second-order valence-corrected chi connectivity index (χ2v) is 5.42. The molecule has 0 spiro atoms. The molecule has 22 heavy (non-hydrogen) atoms. The number of ether oxygens (including phenoxy) is 1. The molecule has 114 valence electrons. The van der Waals surface area contributed by atoms with Gasteiger partial charge < -0.3 is 15.4 Å².